The van der Waals surface area contributed by atoms with Crippen molar-refractivity contribution < 1.29 is 28.5 Å². The number of unbranched alkanes of at least 4 members (excludes halogenated alkanes) is 6. The van der Waals surface area contributed by atoms with Crippen molar-refractivity contribution in [2.75, 3.05) is 26.4 Å². The summed E-state index contributed by atoms with van der Waals surface area (Å²) in [5, 5.41) is 0. The van der Waals surface area contributed by atoms with Crippen molar-refractivity contribution in [2.45, 2.75) is 96.3 Å². The lowest BCUT2D eigenvalue weighted by Gasteiger charge is -2.22. The number of fused-ring (bicyclic) bond motifs is 3. The number of esters is 2. The van der Waals surface area contributed by atoms with Crippen LogP contribution in [0.4, 0.5) is 0 Å². The maximum atomic E-state index is 11.1. The van der Waals surface area contributed by atoms with Crippen molar-refractivity contribution in [1.29, 1.82) is 0 Å². The lowest BCUT2D eigenvalue weighted by molar-refractivity contribution is -0.138. The average Bonchev–Trinajstić information content (AvgIpc) is 3.43. The molecule has 0 atom stereocenters. The van der Waals surface area contributed by atoms with Crippen molar-refractivity contribution >= 4 is 11.9 Å². The molecule has 1 aliphatic carbocycles. The Morgan fingerprint density at radius 1 is 0.491 bits per heavy atom. The molecule has 0 fully saturated rings. The van der Waals surface area contributed by atoms with E-state index in [2.05, 4.69) is 112 Å². The summed E-state index contributed by atoms with van der Waals surface area (Å²) in [7, 11) is 0. The topological polar surface area (TPSA) is 71.1 Å². The number of benzene rings is 4. The van der Waals surface area contributed by atoms with Gasteiger partial charge in [-0.1, -0.05) is 87.7 Å². The zero-order valence-corrected chi connectivity index (χ0v) is 32.9. The SMILES string of the molecule is C=CC(=O)OCCCCCCOc1ccc(CCc2ccc3c(c2)C(C)(C)c2cc(CCc4ccc(OCCCCCCOC(=O)C=C)cc4)ccc2-3)cc1. The summed E-state index contributed by atoms with van der Waals surface area (Å²) in [6.07, 6.45) is 14.2. The molecule has 0 spiro atoms. The standard InChI is InChI=1S/C49H58O6/c1-5-47(50)54-33-13-9-7-11-31-52-41-25-19-37(20-26-41)15-17-39-23-29-43-44-30-24-40(36-46(44)49(3,4)45(43)35-39)18-16-38-21-27-42(28-22-38)53-32-12-8-10-14-34-55-48(51)6-2/h5-6,19-30,35-36H,1-2,7-18,31-34H2,3-4H3. The Morgan fingerprint density at radius 3 is 1.22 bits per heavy atom. The van der Waals surface area contributed by atoms with Crippen molar-refractivity contribution in [3.8, 4) is 22.6 Å². The van der Waals surface area contributed by atoms with E-state index in [4.69, 9.17) is 18.9 Å². The van der Waals surface area contributed by atoms with E-state index in [0.717, 1.165) is 88.5 Å². The van der Waals surface area contributed by atoms with Crippen LogP contribution in [0.2, 0.25) is 0 Å². The van der Waals surface area contributed by atoms with Crippen LogP contribution in [0.1, 0.15) is 98.6 Å². The first-order valence-corrected chi connectivity index (χ1v) is 20.1. The van der Waals surface area contributed by atoms with Crippen LogP contribution in [0, 0.1) is 0 Å². The third-order valence-corrected chi connectivity index (χ3v) is 10.5. The van der Waals surface area contributed by atoms with Gasteiger partial charge in [-0.3, -0.25) is 0 Å². The first-order valence-electron chi connectivity index (χ1n) is 20.1. The van der Waals surface area contributed by atoms with Gasteiger partial charge >= 0.3 is 11.9 Å². The van der Waals surface area contributed by atoms with Gasteiger partial charge in [0.2, 0.25) is 0 Å². The molecule has 0 saturated heterocycles. The molecule has 55 heavy (non-hydrogen) atoms. The molecular weight excluding hydrogens is 685 g/mol. The molecule has 6 heteroatoms. The summed E-state index contributed by atoms with van der Waals surface area (Å²) in [4.78, 5) is 22.2. The predicted molar refractivity (Wildman–Crippen MR) is 222 cm³/mol. The van der Waals surface area contributed by atoms with Gasteiger partial charge in [-0.15, -0.1) is 0 Å². The maximum Gasteiger partial charge on any atom is 0.330 e. The lowest BCUT2D eigenvalue weighted by Crippen LogP contribution is -2.15. The van der Waals surface area contributed by atoms with Crippen LogP contribution in [-0.2, 0) is 50.2 Å². The summed E-state index contributed by atoms with van der Waals surface area (Å²) in [6, 6.07) is 31.2. The smallest absolute Gasteiger partial charge is 0.330 e. The fourth-order valence-electron chi connectivity index (χ4n) is 7.18. The van der Waals surface area contributed by atoms with Gasteiger partial charge in [0.25, 0.3) is 0 Å². The normalized spacial score (nSPS) is 12.3. The third kappa shape index (κ3) is 12.5. The number of hydrogen-bond donors (Lipinski definition) is 0. The van der Waals surface area contributed by atoms with Crippen molar-refractivity contribution in [2.24, 2.45) is 0 Å². The van der Waals surface area contributed by atoms with E-state index in [-0.39, 0.29) is 17.4 Å². The number of hydrogen-bond acceptors (Lipinski definition) is 6. The summed E-state index contributed by atoms with van der Waals surface area (Å²) in [5.41, 5.74) is 10.9. The monoisotopic (exact) mass is 742 g/mol. The molecule has 0 heterocycles. The molecule has 4 aromatic rings. The van der Waals surface area contributed by atoms with Crippen LogP contribution in [0.5, 0.6) is 11.5 Å². The van der Waals surface area contributed by atoms with E-state index in [1.54, 1.807) is 0 Å². The molecule has 0 aromatic heterocycles. The van der Waals surface area contributed by atoms with Crippen LogP contribution in [-0.4, -0.2) is 38.4 Å². The number of carbonyl (C=O) groups is 2. The largest absolute Gasteiger partial charge is 0.494 e. The fraction of sp³-hybridized carbons (Fsp3) is 0.388. The van der Waals surface area contributed by atoms with Gasteiger partial charge in [0.05, 0.1) is 26.4 Å². The highest BCUT2D eigenvalue weighted by Crippen LogP contribution is 2.49. The Morgan fingerprint density at radius 2 is 0.836 bits per heavy atom. The summed E-state index contributed by atoms with van der Waals surface area (Å²) < 4.78 is 22.0. The number of rotatable bonds is 24. The molecule has 5 rings (SSSR count). The molecule has 6 nitrogen and oxygen atoms in total. The Hall–Kier alpha value is -5.10. The zero-order chi connectivity index (χ0) is 38.9. The van der Waals surface area contributed by atoms with E-state index < -0.39 is 0 Å². The number of carbonyl (C=O) groups excluding carboxylic acids is 2. The van der Waals surface area contributed by atoms with Crippen LogP contribution in [0.3, 0.4) is 0 Å². The van der Waals surface area contributed by atoms with E-state index in [0.29, 0.717) is 26.4 Å². The molecule has 4 aromatic carbocycles. The minimum atomic E-state index is -0.356. The highest BCUT2D eigenvalue weighted by Gasteiger charge is 2.35. The molecule has 1 aliphatic rings. The van der Waals surface area contributed by atoms with E-state index in [1.165, 1.54) is 56.7 Å². The van der Waals surface area contributed by atoms with E-state index in [1.807, 2.05) is 0 Å². The van der Waals surface area contributed by atoms with Gasteiger partial charge in [-0.05, 0) is 146 Å². The van der Waals surface area contributed by atoms with Crippen LogP contribution < -0.4 is 9.47 Å². The van der Waals surface area contributed by atoms with Gasteiger partial charge in [0, 0.05) is 17.6 Å². The molecule has 0 amide bonds. The minimum Gasteiger partial charge on any atom is -0.494 e. The van der Waals surface area contributed by atoms with E-state index in [9.17, 15) is 9.59 Å². The van der Waals surface area contributed by atoms with Crippen LogP contribution in [0.15, 0.2) is 110 Å². The predicted octanol–water partition coefficient (Wildman–Crippen LogP) is 10.9. The van der Waals surface area contributed by atoms with Gasteiger partial charge in [0.15, 0.2) is 0 Å². The molecule has 0 saturated carbocycles. The summed E-state index contributed by atoms with van der Waals surface area (Å²) in [5.74, 6) is 1.10. The van der Waals surface area contributed by atoms with Crippen molar-refractivity contribution in [1.82, 2.24) is 0 Å². The Bertz CT molecular complexity index is 1720. The van der Waals surface area contributed by atoms with E-state index >= 15 is 0 Å². The quantitative estimate of drug-likeness (QED) is 0.0404. The average molecular weight is 743 g/mol. The zero-order valence-electron chi connectivity index (χ0n) is 32.9. The molecule has 0 aliphatic heterocycles. The van der Waals surface area contributed by atoms with Crippen LogP contribution >= 0.6 is 0 Å². The highest BCUT2D eigenvalue weighted by molar-refractivity contribution is 5.82. The van der Waals surface area contributed by atoms with Gasteiger partial charge in [0.1, 0.15) is 11.5 Å². The Balaban J connectivity index is 1.03. The highest BCUT2D eigenvalue weighted by atomic mass is 16.5. The second kappa shape index (κ2) is 21.1. The van der Waals surface area contributed by atoms with Gasteiger partial charge < -0.3 is 18.9 Å². The number of ether oxygens (including phenoxy) is 4. The second-order valence-corrected chi connectivity index (χ2v) is 14.9. The molecule has 0 bridgehead atoms. The third-order valence-electron chi connectivity index (χ3n) is 10.5. The lowest BCUT2D eigenvalue weighted by atomic mass is 9.81. The van der Waals surface area contributed by atoms with Gasteiger partial charge in [-0.25, -0.2) is 9.59 Å². The molecule has 0 unspecified atom stereocenters. The fourth-order valence-corrected chi connectivity index (χ4v) is 7.18. The molecule has 0 radical (unpaired) electrons. The van der Waals surface area contributed by atoms with Crippen molar-refractivity contribution in [3.63, 3.8) is 0 Å². The minimum absolute atomic E-state index is 0.0503. The second-order valence-electron chi connectivity index (χ2n) is 14.9. The number of aryl methyl sites for hydroxylation is 4. The molecule has 290 valence electrons. The Kier molecular flexibility index (Phi) is 15.8. The summed E-state index contributed by atoms with van der Waals surface area (Å²) in [6.45, 7) is 13.8. The Labute approximate surface area is 328 Å². The molecular formula is C49H58O6. The first kappa shape index (κ1) is 41.1. The summed E-state index contributed by atoms with van der Waals surface area (Å²) >= 11 is 0. The first-order chi connectivity index (χ1) is 26.8. The van der Waals surface area contributed by atoms with Crippen molar-refractivity contribution in [3.05, 3.63) is 144 Å². The molecule has 0 N–H and O–H groups in total. The van der Waals surface area contributed by atoms with Gasteiger partial charge in [-0.2, -0.15) is 0 Å². The maximum absolute atomic E-state index is 11.1. The van der Waals surface area contributed by atoms with Crippen LogP contribution in [0.25, 0.3) is 11.1 Å².